The van der Waals surface area contributed by atoms with E-state index < -0.39 is 0 Å². The molecule has 5 nitrogen and oxygen atoms in total. The Morgan fingerprint density at radius 3 is 2.62 bits per heavy atom. The van der Waals surface area contributed by atoms with Gasteiger partial charge in [-0.3, -0.25) is 4.90 Å². The van der Waals surface area contributed by atoms with E-state index in [4.69, 9.17) is 9.72 Å². The van der Waals surface area contributed by atoms with Crippen molar-refractivity contribution in [3.05, 3.63) is 114 Å². The van der Waals surface area contributed by atoms with Gasteiger partial charge in [0.2, 0.25) is 0 Å². The number of aromatic nitrogens is 3. The van der Waals surface area contributed by atoms with Gasteiger partial charge in [0, 0.05) is 60.5 Å². The molecule has 0 radical (unpaired) electrons. The Balaban J connectivity index is 1.17. The van der Waals surface area contributed by atoms with Gasteiger partial charge in [0.05, 0.1) is 5.69 Å². The second-order valence-electron chi connectivity index (χ2n) is 8.79. The molecular formula is C29H26N4O. The van der Waals surface area contributed by atoms with Crippen LogP contribution in [0.3, 0.4) is 0 Å². The molecule has 3 aromatic carbocycles. The number of fused-ring (bicyclic) bond motifs is 2. The average Bonchev–Trinajstić information content (AvgIpc) is 3.30. The van der Waals surface area contributed by atoms with Crippen LogP contribution in [-0.4, -0.2) is 26.4 Å². The van der Waals surface area contributed by atoms with Crippen molar-refractivity contribution in [2.24, 2.45) is 0 Å². The Kier molecular flexibility index (Phi) is 5.53. The third-order valence-corrected chi connectivity index (χ3v) is 6.43. The molecule has 3 heterocycles. The molecule has 34 heavy (non-hydrogen) atoms. The van der Waals surface area contributed by atoms with Crippen LogP contribution in [0, 0.1) is 0 Å². The van der Waals surface area contributed by atoms with E-state index in [1.165, 1.54) is 27.8 Å². The van der Waals surface area contributed by atoms with Crippen LogP contribution in [-0.2, 0) is 26.1 Å². The molecule has 2 aromatic heterocycles. The smallest absolute Gasteiger partial charge is 0.159 e. The van der Waals surface area contributed by atoms with Gasteiger partial charge in [-0.1, -0.05) is 60.7 Å². The molecule has 0 amide bonds. The SMILES string of the molecule is c1ccc(COc2ccc3[nH]cc(CN4CCc5nc(-c6ccccc6)ncc5C4)c3c2)cc1. The normalized spacial score (nSPS) is 13.6. The highest BCUT2D eigenvalue weighted by molar-refractivity contribution is 5.84. The molecule has 5 aromatic rings. The minimum absolute atomic E-state index is 0.569. The van der Waals surface area contributed by atoms with Crippen molar-refractivity contribution in [1.29, 1.82) is 0 Å². The number of benzene rings is 3. The first-order valence-electron chi connectivity index (χ1n) is 11.7. The standard InChI is InChI=1S/C29H26N4O/c1-3-7-21(8-4-1)20-34-25-11-12-28-26(15-25)23(16-30-28)18-33-14-13-27-24(19-33)17-31-29(32-27)22-9-5-2-6-10-22/h1-12,15-17,30H,13-14,18-20H2. The summed E-state index contributed by atoms with van der Waals surface area (Å²) in [6, 6.07) is 26.7. The molecule has 0 bridgehead atoms. The van der Waals surface area contributed by atoms with Crippen molar-refractivity contribution in [3.8, 4) is 17.1 Å². The molecule has 6 rings (SSSR count). The second-order valence-corrected chi connectivity index (χ2v) is 8.79. The zero-order valence-corrected chi connectivity index (χ0v) is 18.9. The fraction of sp³-hybridized carbons (Fsp3) is 0.172. The third-order valence-electron chi connectivity index (χ3n) is 6.43. The molecule has 5 heteroatoms. The van der Waals surface area contributed by atoms with E-state index in [0.717, 1.165) is 48.7 Å². The Morgan fingerprint density at radius 2 is 1.76 bits per heavy atom. The summed E-state index contributed by atoms with van der Waals surface area (Å²) in [5.74, 6) is 1.70. The minimum Gasteiger partial charge on any atom is -0.489 e. The first-order chi connectivity index (χ1) is 16.8. The molecule has 1 aliphatic rings. The lowest BCUT2D eigenvalue weighted by Gasteiger charge is -2.28. The number of nitrogens with one attached hydrogen (secondary N) is 1. The lowest BCUT2D eigenvalue weighted by atomic mass is 10.1. The third kappa shape index (κ3) is 4.30. The van der Waals surface area contributed by atoms with Crippen molar-refractivity contribution in [2.45, 2.75) is 26.1 Å². The average molecular weight is 447 g/mol. The number of hydrogen-bond acceptors (Lipinski definition) is 4. The van der Waals surface area contributed by atoms with Gasteiger partial charge in [-0.25, -0.2) is 9.97 Å². The quantitative estimate of drug-likeness (QED) is 0.360. The lowest BCUT2D eigenvalue weighted by molar-refractivity contribution is 0.244. The maximum atomic E-state index is 6.06. The second kappa shape index (κ2) is 9.12. The van der Waals surface area contributed by atoms with Crippen LogP contribution in [0.15, 0.2) is 91.3 Å². The van der Waals surface area contributed by atoms with E-state index in [2.05, 4.69) is 57.5 Å². The largest absolute Gasteiger partial charge is 0.489 e. The molecule has 0 aliphatic carbocycles. The van der Waals surface area contributed by atoms with Gasteiger partial charge in [0.25, 0.3) is 0 Å². The fourth-order valence-corrected chi connectivity index (χ4v) is 4.60. The number of ether oxygens (including phenoxy) is 1. The zero-order chi connectivity index (χ0) is 22.7. The van der Waals surface area contributed by atoms with E-state index in [1.54, 1.807) is 0 Å². The van der Waals surface area contributed by atoms with Crippen molar-refractivity contribution < 1.29 is 4.74 Å². The minimum atomic E-state index is 0.569. The van der Waals surface area contributed by atoms with Crippen molar-refractivity contribution in [2.75, 3.05) is 6.54 Å². The Bertz CT molecular complexity index is 1410. The molecule has 0 saturated heterocycles. The van der Waals surface area contributed by atoms with Crippen LogP contribution >= 0.6 is 0 Å². The summed E-state index contributed by atoms with van der Waals surface area (Å²) in [4.78, 5) is 15.4. The first-order valence-corrected chi connectivity index (χ1v) is 11.7. The molecule has 0 unspecified atom stereocenters. The summed E-state index contributed by atoms with van der Waals surface area (Å²) in [5.41, 5.74) is 7.04. The highest BCUT2D eigenvalue weighted by Crippen LogP contribution is 2.27. The highest BCUT2D eigenvalue weighted by atomic mass is 16.5. The predicted molar refractivity (Wildman–Crippen MR) is 134 cm³/mol. The fourth-order valence-electron chi connectivity index (χ4n) is 4.60. The Morgan fingerprint density at radius 1 is 0.941 bits per heavy atom. The summed E-state index contributed by atoms with van der Waals surface area (Å²) in [7, 11) is 0. The van der Waals surface area contributed by atoms with Crippen LogP contribution in [0.4, 0.5) is 0 Å². The van der Waals surface area contributed by atoms with Gasteiger partial charge in [-0.2, -0.15) is 0 Å². The number of rotatable bonds is 6. The van der Waals surface area contributed by atoms with Crippen molar-refractivity contribution in [1.82, 2.24) is 19.9 Å². The van der Waals surface area contributed by atoms with Gasteiger partial charge < -0.3 is 9.72 Å². The maximum Gasteiger partial charge on any atom is 0.159 e. The molecule has 0 fully saturated rings. The first kappa shape index (κ1) is 20.6. The Hall–Kier alpha value is -3.96. The van der Waals surface area contributed by atoms with Gasteiger partial charge in [-0.05, 0) is 29.3 Å². The van der Waals surface area contributed by atoms with Gasteiger partial charge in [-0.15, -0.1) is 0 Å². The monoisotopic (exact) mass is 446 g/mol. The van der Waals surface area contributed by atoms with Crippen molar-refractivity contribution in [3.63, 3.8) is 0 Å². The molecule has 0 atom stereocenters. The number of H-pyrrole nitrogens is 1. The molecule has 1 aliphatic heterocycles. The summed E-state index contributed by atoms with van der Waals surface area (Å²) >= 11 is 0. The van der Waals surface area contributed by atoms with E-state index in [9.17, 15) is 0 Å². The maximum absolute atomic E-state index is 6.06. The van der Waals surface area contributed by atoms with Gasteiger partial charge in [0.1, 0.15) is 12.4 Å². The lowest BCUT2D eigenvalue weighted by Crippen LogP contribution is -2.30. The van der Waals surface area contributed by atoms with E-state index in [1.807, 2.05) is 48.7 Å². The Labute approximate surface area is 199 Å². The molecule has 168 valence electrons. The van der Waals surface area contributed by atoms with Crippen LogP contribution in [0.25, 0.3) is 22.3 Å². The van der Waals surface area contributed by atoms with Crippen LogP contribution in [0.5, 0.6) is 5.75 Å². The zero-order valence-electron chi connectivity index (χ0n) is 18.9. The highest BCUT2D eigenvalue weighted by Gasteiger charge is 2.20. The molecule has 0 saturated carbocycles. The van der Waals surface area contributed by atoms with E-state index in [-0.39, 0.29) is 0 Å². The van der Waals surface area contributed by atoms with Crippen molar-refractivity contribution >= 4 is 10.9 Å². The van der Waals surface area contributed by atoms with Crippen LogP contribution in [0.2, 0.25) is 0 Å². The summed E-state index contributed by atoms with van der Waals surface area (Å²) in [6.07, 6.45) is 5.06. The summed E-state index contributed by atoms with van der Waals surface area (Å²) in [5, 5.41) is 1.21. The van der Waals surface area contributed by atoms with Gasteiger partial charge in [0.15, 0.2) is 5.82 Å². The number of hydrogen-bond donors (Lipinski definition) is 1. The summed E-state index contributed by atoms with van der Waals surface area (Å²) in [6.45, 7) is 3.29. The molecule has 1 N–H and O–H groups in total. The van der Waals surface area contributed by atoms with Crippen LogP contribution < -0.4 is 4.74 Å². The number of nitrogens with zero attached hydrogens (tertiary/aromatic N) is 3. The van der Waals surface area contributed by atoms with Gasteiger partial charge >= 0.3 is 0 Å². The molecule has 0 spiro atoms. The van der Waals surface area contributed by atoms with Crippen LogP contribution in [0.1, 0.15) is 22.4 Å². The molecular weight excluding hydrogens is 420 g/mol. The van der Waals surface area contributed by atoms with E-state index in [0.29, 0.717) is 6.61 Å². The number of aromatic amines is 1. The summed E-state index contributed by atoms with van der Waals surface area (Å²) < 4.78 is 6.06. The topological polar surface area (TPSA) is 54.0 Å². The predicted octanol–water partition coefficient (Wildman–Crippen LogP) is 5.76. The van der Waals surface area contributed by atoms with E-state index >= 15 is 0 Å².